The summed E-state index contributed by atoms with van der Waals surface area (Å²) in [7, 11) is 2.78. The summed E-state index contributed by atoms with van der Waals surface area (Å²) >= 11 is 0. The average molecular weight is 398 g/mol. The van der Waals surface area contributed by atoms with Crippen molar-refractivity contribution in [2.75, 3.05) is 0 Å². The third-order valence-electron chi connectivity index (χ3n) is 4.54. The molecular formula is C22H17F3N2O2. The van der Waals surface area contributed by atoms with Crippen molar-refractivity contribution >= 4 is 0 Å². The molecule has 0 fully saturated rings. The molecule has 3 aromatic rings. The van der Waals surface area contributed by atoms with Gasteiger partial charge < -0.3 is 0 Å². The van der Waals surface area contributed by atoms with Crippen molar-refractivity contribution in [3.05, 3.63) is 91.8 Å². The summed E-state index contributed by atoms with van der Waals surface area (Å²) < 4.78 is 40.7. The highest BCUT2D eigenvalue weighted by molar-refractivity contribution is 5.69. The molecule has 0 atom stereocenters. The van der Waals surface area contributed by atoms with E-state index in [1.807, 2.05) is 19.1 Å². The maximum Gasteiger partial charge on any atom is 0.416 e. The molecule has 0 spiro atoms. The summed E-state index contributed by atoms with van der Waals surface area (Å²) in [4.78, 5) is 25.1. The summed E-state index contributed by atoms with van der Waals surface area (Å²) in [6, 6.07) is 11.6. The van der Waals surface area contributed by atoms with Gasteiger partial charge in [-0.05, 0) is 42.7 Å². The first kappa shape index (κ1) is 20.2. The molecule has 148 valence electrons. The number of rotatable bonds is 1. The molecule has 1 heterocycles. The van der Waals surface area contributed by atoms with Crippen LogP contribution in [0.25, 0.3) is 11.1 Å². The lowest BCUT2D eigenvalue weighted by Crippen LogP contribution is -2.39. The Morgan fingerprint density at radius 1 is 0.828 bits per heavy atom. The van der Waals surface area contributed by atoms with E-state index in [1.54, 1.807) is 12.1 Å². The molecule has 0 saturated carbocycles. The van der Waals surface area contributed by atoms with Crippen LogP contribution < -0.4 is 11.2 Å². The van der Waals surface area contributed by atoms with Gasteiger partial charge in [0.2, 0.25) is 0 Å². The van der Waals surface area contributed by atoms with Gasteiger partial charge in [0.1, 0.15) is 5.69 Å². The number of hydrogen-bond donors (Lipinski definition) is 0. The zero-order valence-corrected chi connectivity index (χ0v) is 16.0. The van der Waals surface area contributed by atoms with Crippen LogP contribution in [-0.2, 0) is 20.3 Å². The van der Waals surface area contributed by atoms with Crippen LogP contribution in [0.2, 0.25) is 0 Å². The molecule has 3 rings (SSSR count). The van der Waals surface area contributed by atoms with Crippen LogP contribution in [0.4, 0.5) is 13.2 Å². The first-order valence-electron chi connectivity index (χ1n) is 8.66. The zero-order chi connectivity index (χ0) is 21.3. The quantitative estimate of drug-likeness (QED) is 0.589. The van der Waals surface area contributed by atoms with E-state index < -0.39 is 23.0 Å². The van der Waals surface area contributed by atoms with Gasteiger partial charge in [-0.15, -0.1) is 0 Å². The third-order valence-corrected chi connectivity index (χ3v) is 4.54. The van der Waals surface area contributed by atoms with Crippen LogP contribution in [0.5, 0.6) is 0 Å². The highest BCUT2D eigenvalue weighted by Crippen LogP contribution is 2.30. The van der Waals surface area contributed by atoms with Crippen LogP contribution in [0.1, 0.15) is 22.4 Å². The van der Waals surface area contributed by atoms with Gasteiger partial charge in [0, 0.05) is 19.7 Å². The predicted octanol–water partition coefficient (Wildman–Crippen LogP) is 3.48. The molecule has 0 aliphatic carbocycles. The van der Waals surface area contributed by atoms with Gasteiger partial charge in [-0.1, -0.05) is 35.7 Å². The minimum absolute atomic E-state index is 0.0722. The van der Waals surface area contributed by atoms with Gasteiger partial charge in [-0.25, -0.2) is 4.79 Å². The fourth-order valence-corrected chi connectivity index (χ4v) is 2.84. The number of nitrogens with zero attached hydrogens (tertiary/aromatic N) is 2. The molecule has 0 bridgehead atoms. The summed E-state index contributed by atoms with van der Waals surface area (Å²) in [6.45, 7) is 1.94. The second-order valence-electron chi connectivity index (χ2n) is 6.62. The van der Waals surface area contributed by atoms with E-state index in [9.17, 15) is 22.8 Å². The number of aryl methyl sites for hydroxylation is 1. The zero-order valence-electron chi connectivity index (χ0n) is 16.0. The van der Waals surface area contributed by atoms with Crippen molar-refractivity contribution < 1.29 is 13.2 Å². The Morgan fingerprint density at radius 2 is 1.41 bits per heavy atom. The predicted molar refractivity (Wildman–Crippen MR) is 105 cm³/mol. The molecular weight excluding hydrogens is 381 g/mol. The maximum absolute atomic E-state index is 12.9. The molecule has 4 nitrogen and oxygen atoms in total. The molecule has 0 unspecified atom stereocenters. The van der Waals surface area contributed by atoms with Crippen LogP contribution in [0.3, 0.4) is 0 Å². The monoisotopic (exact) mass is 398 g/mol. The van der Waals surface area contributed by atoms with E-state index in [2.05, 4.69) is 11.8 Å². The fraction of sp³-hybridized carbons (Fsp3) is 0.182. The Balaban J connectivity index is 2.23. The lowest BCUT2D eigenvalue weighted by molar-refractivity contribution is -0.137. The van der Waals surface area contributed by atoms with Crippen LogP contribution in [-0.4, -0.2) is 9.13 Å². The number of benzene rings is 2. The average Bonchev–Trinajstić information content (AvgIpc) is 2.69. The Hall–Kier alpha value is -3.53. The number of aromatic nitrogens is 2. The van der Waals surface area contributed by atoms with E-state index in [1.165, 1.54) is 30.8 Å². The Bertz CT molecular complexity index is 1240. The summed E-state index contributed by atoms with van der Waals surface area (Å²) in [6.07, 6.45) is -4.49. The molecule has 0 saturated heterocycles. The van der Waals surface area contributed by atoms with E-state index in [0.717, 1.165) is 22.3 Å². The molecule has 2 aromatic carbocycles. The Kier molecular flexibility index (Phi) is 5.21. The van der Waals surface area contributed by atoms with Gasteiger partial charge in [0.15, 0.2) is 0 Å². The first-order chi connectivity index (χ1) is 13.6. The van der Waals surface area contributed by atoms with Gasteiger partial charge in [0.05, 0.1) is 11.1 Å². The van der Waals surface area contributed by atoms with Crippen molar-refractivity contribution in [1.29, 1.82) is 0 Å². The second-order valence-corrected chi connectivity index (χ2v) is 6.62. The van der Waals surface area contributed by atoms with E-state index in [0.29, 0.717) is 5.56 Å². The lowest BCUT2D eigenvalue weighted by atomic mass is 10.0. The van der Waals surface area contributed by atoms with Crippen molar-refractivity contribution in [2.45, 2.75) is 13.1 Å². The largest absolute Gasteiger partial charge is 0.416 e. The number of hydrogen-bond acceptors (Lipinski definition) is 2. The summed E-state index contributed by atoms with van der Waals surface area (Å²) in [5, 5.41) is 0. The molecule has 29 heavy (non-hydrogen) atoms. The SMILES string of the molecule is Cc1ccc(C#Cc2c(-c3ccc(C(F)(F)F)cc3)c(=O)n(C)c(=O)n2C)cc1. The molecule has 7 heteroatoms. The minimum Gasteiger partial charge on any atom is -0.289 e. The van der Waals surface area contributed by atoms with Crippen LogP contribution >= 0.6 is 0 Å². The van der Waals surface area contributed by atoms with E-state index >= 15 is 0 Å². The van der Waals surface area contributed by atoms with E-state index in [-0.39, 0.29) is 16.8 Å². The van der Waals surface area contributed by atoms with Gasteiger partial charge >= 0.3 is 11.9 Å². The minimum atomic E-state index is -4.49. The second kappa shape index (κ2) is 7.47. The van der Waals surface area contributed by atoms with Gasteiger partial charge in [-0.3, -0.25) is 13.9 Å². The van der Waals surface area contributed by atoms with Gasteiger partial charge in [-0.2, -0.15) is 13.2 Å². The topological polar surface area (TPSA) is 44.0 Å². The molecule has 0 amide bonds. The molecule has 1 aromatic heterocycles. The standard InChI is InChI=1S/C22H17F3N2O2/c1-14-4-6-15(7-5-14)8-13-18-19(20(28)27(3)21(29)26(18)2)16-9-11-17(12-10-16)22(23,24)25/h4-7,9-12H,1-3H3. The number of halogens is 3. The van der Waals surface area contributed by atoms with Crippen molar-refractivity contribution in [3.8, 4) is 23.0 Å². The first-order valence-corrected chi connectivity index (χ1v) is 8.66. The summed E-state index contributed by atoms with van der Waals surface area (Å²) in [5.74, 6) is 5.76. The Morgan fingerprint density at radius 3 is 1.97 bits per heavy atom. The smallest absolute Gasteiger partial charge is 0.289 e. The molecule has 0 radical (unpaired) electrons. The third kappa shape index (κ3) is 4.02. The lowest BCUT2D eigenvalue weighted by Gasteiger charge is -2.12. The van der Waals surface area contributed by atoms with Crippen molar-refractivity contribution in [1.82, 2.24) is 9.13 Å². The van der Waals surface area contributed by atoms with Gasteiger partial charge in [0.25, 0.3) is 5.56 Å². The van der Waals surface area contributed by atoms with Crippen molar-refractivity contribution in [2.24, 2.45) is 14.1 Å². The maximum atomic E-state index is 12.9. The highest BCUT2D eigenvalue weighted by atomic mass is 19.4. The molecule has 0 aliphatic rings. The normalized spacial score (nSPS) is 11.1. The molecule has 0 N–H and O–H groups in total. The van der Waals surface area contributed by atoms with Crippen molar-refractivity contribution in [3.63, 3.8) is 0 Å². The summed E-state index contributed by atoms with van der Waals surface area (Å²) in [5.41, 5.74) is 0.183. The number of alkyl halides is 3. The molecule has 0 aliphatic heterocycles. The highest BCUT2D eigenvalue weighted by Gasteiger charge is 2.30. The Labute approximate surface area is 164 Å². The van der Waals surface area contributed by atoms with Crippen LogP contribution in [0.15, 0.2) is 58.1 Å². The fourth-order valence-electron chi connectivity index (χ4n) is 2.84. The van der Waals surface area contributed by atoms with Crippen LogP contribution in [0, 0.1) is 18.8 Å². The van der Waals surface area contributed by atoms with E-state index in [4.69, 9.17) is 0 Å².